The van der Waals surface area contributed by atoms with Crippen LogP contribution in [0.15, 0.2) is 17.7 Å². The third kappa shape index (κ3) is 6.04. The number of aromatic nitrogens is 1. The number of benzene rings is 1. The zero-order chi connectivity index (χ0) is 30.4. The second-order valence-electron chi connectivity index (χ2n) is 9.68. The maximum absolute atomic E-state index is 13.6. The third-order valence-electron chi connectivity index (χ3n) is 7.46. The normalized spacial score (nSPS) is 16.4. The van der Waals surface area contributed by atoms with Gasteiger partial charge in [-0.15, -0.1) is 0 Å². The van der Waals surface area contributed by atoms with Gasteiger partial charge in [-0.05, 0) is 70.1 Å². The molecule has 2 heterocycles. The average Bonchev–Trinajstić information content (AvgIpc) is 3.41. The van der Waals surface area contributed by atoms with Crippen molar-refractivity contribution in [3.05, 3.63) is 45.8 Å². The molecule has 1 fully saturated rings. The molecule has 1 unspecified atom stereocenters. The van der Waals surface area contributed by atoms with Crippen LogP contribution in [-0.4, -0.2) is 91.7 Å². The molecule has 3 rings (SSSR count). The fourth-order valence-electron chi connectivity index (χ4n) is 5.37. The summed E-state index contributed by atoms with van der Waals surface area (Å²) in [6.07, 6.45) is 0.616. The summed E-state index contributed by atoms with van der Waals surface area (Å²) >= 11 is 0. The third-order valence-corrected chi connectivity index (χ3v) is 7.46. The summed E-state index contributed by atoms with van der Waals surface area (Å²) in [7, 11) is 4.44. The van der Waals surface area contributed by atoms with Gasteiger partial charge in [0, 0.05) is 17.8 Å². The minimum Gasteiger partial charge on any atom is -0.507 e. The first-order chi connectivity index (χ1) is 19.6. The van der Waals surface area contributed by atoms with E-state index < -0.39 is 23.7 Å². The van der Waals surface area contributed by atoms with Gasteiger partial charge in [-0.25, -0.2) is 4.79 Å². The highest BCUT2D eigenvalue weighted by Crippen LogP contribution is 2.46. The van der Waals surface area contributed by atoms with E-state index in [0.29, 0.717) is 40.5 Å². The van der Waals surface area contributed by atoms with Gasteiger partial charge in [0.2, 0.25) is 5.75 Å². The summed E-state index contributed by atoms with van der Waals surface area (Å²) in [5, 5.41) is 11.7. The number of amides is 1. The Morgan fingerprint density at radius 3 is 2.15 bits per heavy atom. The van der Waals surface area contributed by atoms with Gasteiger partial charge in [0.05, 0.1) is 39.6 Å². The fraction of sp³-hybridized carbons (Fsp3) is 0.500. The molecule has 11 heteroatoms. The van der Waals surface area contributed by atoms with Crippen LogP contribution < -0.4 is 14.2 Å². The molecule has 1 aromatic carbocycles. The molecule has 1 aliphatic heterocycles. The number of H-pyrrole nitrogens is 1. The van der Waals surface area contributed by atoms with E-state index in [0.717, 1.165) is 19.6 Å². The highest BCUT2D eigenvalue weighted by Gasteiger charge is 2.47. The van der Waals surface area contributed by atoms with Gasteiger partial charge in [-0.1, -0.05) is 13.8 Å². The van der Waals surface area contributed by atoms with Crippen LogP contribution in [0.4, 0.5) is 0 Å². The predicted octanol–water partition coefficient (Wildman–Crippen LogP) is 3.99. The topological polar surface area (TPSA) is 131 Å². The number of Topliss-reactive ketones (excluding diaryl/α,β-unsaturated/α-hetero) is 1. The predicted molar refractivity (Wildman–Crippen MR) is 154 cm³/mol. The minimum absolute atomic E-state index is 0.0901. The summed E-state index contributed by atoms with van der Waals surface area (Å²) in [4.78, 5) is 46.3. The number of hydrogen-bond donors (Lipinski definition) is 2. The number of aryl methyl sites for hydroxylation is 1. The molecule has 2 aromatic rings. The number of rotatable bonds is 13. The molecular formula is C30H41N3O8. The van der Waals surface area contributed by atoms with Crippen LogP contribution in [0.1, 0.15) is 66.1 Å². The second kappa shape index (κ2) is 13.6. The molecule has 1 aromatic heterocycles. The number of nitrogens with one attached hydrogen (secondary N) is 1. The number of aromatic amines is 1. The molecule has 1 saturated heterocycles. The van der Waals surface area contributed by atoms with Crippen molar-refractivity contribution in [3.63, 3.8) is 0 Å². The Bertz CT molecular complexity index is 1300. The number of aliphatic hydroxyl groups is 1. The number of ether oxygens (including phenoxy) is 4. The Balaban J connectivity index is 2.24. The van der Waals surface area contributed by atoms with E-state index >= 15 is 0 Å². The molecule has 0 saturated carbocycles. The molecule has 0 spiro atoms. The standard InChI is InChI=1S/C30H41N3O8/c1-9-32(10-2)13-12-14-33-25(19-15-20(38-6)28(40-8)21(16-19)39-7)23(27(35)29(33)36)26(34)22-17(4)24(31-18(22)5)30(37)41-11-3/h15-16,25,31,34H,9-14H2,1-8H3. The van der Waals surface area contributed by atoms with E-state index in [-0.39, 0.29) is 35.7 Å². The van der Waals surface area contributed by atoms with Crippen LogP contribution in [0.3, 0.4) is 0 Å². The van der Waals surface area contributed by atoms with Gasteiger partial charge in [-0.3, -0.25) is 9.59 Å². The molecule has 1 aliphatic rings. The first kappa shape index (κ1) is 31.5. The summed E-state index contributed by atoms with van der Waals surface area (Å²) < 4.78 is 21.7. The van der Waals surface area contributed by atoms with Gasteiger partial charge in [0.25, 0.3) is 11.7 Å². The number of nitrogens with zero attached hydrogens (tertiary/aromatic N) is 2. The minimum atomic E-state index is -0.944. The van der Waals surface area contributed by atoms with Crippen molar-refractivity contribution >= 4 is 23.4 Å². The second-order valence-corrected chi connectivity index (χ2v) is 9.68. The van der Waals surface area contributed by atoms with Crippen LogP contribution in [0.2, 0.25) is 0 Å². The van der Waals surface area contributed by atoms with Gasteiger partial charge < -0.3 is 38.8 Å². The lowest BCUT2D eigenvalue weighted by molar-refractivity contribution is -0.140. The van der Waals surface area contributed by atoms with Gasteiger partial charge in [0.1, 0.15) is 11.5 Å². The van der Waals surface area contributed by atoms with Crippen molar-refractivity contribution in [2.24, 2.45) is 0 Å². The van der Waals surface area contributed by atoms with E-state index in [1.165, 1.54) is 26.2 Å². The lowest BCUT2D eigenvalue weighted by Crippen LogP contribution is -2.33. The molecule has 1 atom stereocenters. The van der Waals surface area contributed by atoms with Gasteiger partial charge in [0.15, 0.2) is 11.5 Å². The van der Waals surface area contributed by atoms with E-state index in [1.54, 1.807) is 32.9 Å². The summed E-state index contributed by atoms with van der Waals surface area (Å²) in [6.45, 7) is 12.1. The Hall–Kier alpha value is -3.99. The first-order valence-corrected chi connectivity index (χ1v) is 13.8. The number of carbonyl (C=O) groups excluding carboxylic acids is 3. The number of ketones is 1. The molecule has 11 nitrogen and oxygen atoms in total. The van der Waals surface area contributed by atoms with Crippen molar-refractivity contribution in [3.8, 4) is 17.2 Å². The zero-order valence-corrected chi connectivity index (χ0v) is 25.2. The van der Waals surface area contributed by atoms with Crippen LogP contribution in [0, 0.1) is 13.8 Å². The molecule has 0 bridgehead atoms. The Morgan fingerprint density at radius 2 is 1.63 bits per heavy atom. The van der Waals surface area contributed by atoms with E-state index in [1.807, 2.05) is 0 Å². The van der Waals surface area contributed by atoms with Gasteiger partial charge >= 0.3 is 5.97 Å². The van der Waals surface area contributed by atoms with Crippen molar-refractivity contribution in [1.29, 1.82) is 0 Å². The molecule has 0 aliphatic carbocycles. The fourth-order valence-corrected chi connectivity index (χ4v) is 5.37. The van der Waals surface area contributed by atoms with Crippen molar-refractivity contribution < 1.29 is 38.4 Å². The lowest BCUT2D eigenvalue weighted by atomic mass is 9.93. The van der Waals surface area contributed by atoms with E-state index in [2.05, 4.69) is 23.7 Å². The maximum atomic E-state index is 13.6. The van der Waals surface area contributed by atoms with Crippen LogP contribution >= 0.6 is 0 Å². The average molecular weight is 572 g/mol. The number of methoxy groups -OCH3 is 3. The van der Waals surface area contributed by atoms with Gasteiger partial charge in [-0.2, -0.15) is 0 Å². The van der Waals surface area contributed by atoms with Crippen molar-refractivity contribution in [1.82, 2.24) is 14.8 Å². The molecule has 41 heavy (non-hydrogen) atoms. The SMILES string of the molecule is CCOC(=O)c1[nH]c(C)c(C(O)=C2C(=O)C(=O)N(CCCN(CC)CC)C2c2cc(OC)c(OC)c(OC)c2)c1C. The lowest BCUT2D eigenvalue weighted by Gasteiger charge is -2.27. The number of hydrogen-bond acceptors (Lipinski definition) is 9. The summed E-state index contributed by atoms with van der Waals surface area (Å²) in [6, 6.07) is 2.40. The van der Waals surface area contributed by atoms with Crippen LogP contribution in [0.5, 0.6) is 17.2 Å². The summed E-state index contributed by atoms with van der Waals surface area (Å²) in [5.74, 6) is -1.46. The number of esters is 1. The Morgan fingerprint density at radius 1 is 1.02 bits per heavy atom. The molecule has 0 radical (unpaired) electrons. The largest absolute Gasteiger partial charge is 0.507 e. The number of likely N-dealkylation sites (tertiary alicyclic amines) is 1. The van der Waals surface area contributed by atoms with Crippen LogP contribution in [-0.2, 0) is 14.3 Å². The highest BCUT2D eigenvalue weighted by molar-refractivity contribution is 6.46. The van der Waals surface area contributed by atoms with Crippen molar-refractivity contribution in [2.45, 2.75) is 47.1 Å². The quantitative estimate of drug-likeness (QED) is 0.159. The van der Waals surface area contributed by atoms with Crippen LogP contribution in [0.25, 0.3) is 5.76 Å². The molecule has 1 amide bonds. The Labute approximate surface area is 241 Å². The monoisotopic (exact) mass is 571 g/mol. The first-order valence-electron chi connectivity index (χ1n) is 13.8. The molecule has 2 N–H and O–H groups in total. The van der Waals surface area contributed by atoms with E-state index in [9.17, 15) is 19.5 Å². The number of aliphatic hydroxyl groups excluding tert-OH is 1. The highest BCUT2D eigenvalue weighted by atomic mass is 16.5. The Kier molecular flexibility index (Phi) is 10.4. The zero-order valence-electron chi connectivity index (χ0n) is 25.2. The number of carbonyl (C=O) groups is 3. The smallest absolute Gasteiger partial charge is 0.355 e. The molecular weight excluding hydrogens is 530 g/mol. The van der Waals surface area contributed by atoms with E-state index in [4.69, 9.17) is 18.9 Å². The van der Waals surface area contributed by atoms with Crippen molar-refractivity contribution in [2.75, 3.05) is 54.1 Å². The molecule has 224 valence electrons. The summed E-state index contributed by atoms with van der Waals surface area (Å²) in [5.41, 5.74) is 1.72. The maximum Gasteiger partial charge on any atom is 0.355 e.